The van der Waals surface area contributed by atoms with Crippen LogP contribution in [0.2, 0.25) is 10.0 Å². The molecule has 1 aromatic carbocycles. The molecule has 7 heteroatoms. The Hall–Kier alpha value is -1.30. The highest BCUT2D eigenvalue weighted by Gasteiger charge is 2.32. The summed E-state index contributed by atoms with van der Waals surface area (Å²) in [5.74, 6) is -0.918. The Morgan fingerprint density at radius 3 is 2.70 bits per heavy atom. The third-order valence-corrected chi connectivity index (χ3v) is 4.16. The predicted octanol–water partition coefficient (Wildman–Crippen LogP) is 4.56. The summed E-state index contributed by atoms with van der Waals surface area (Å²) in [6.07, 6.45) is 0. The van der Waals surface area contributed by atoms with Crippen molar-refractivity contribution in [3.05, 3.63) is 39.3 Å². The van der Waals surface area contributed by atoms with Gasteiger partial charge in [-0.2, -0.15) is 0 Å². The van der Waals surface area contributed by atoms with Crippen LogP contribution >= 0.6 is 34.5 Å². The van der Waals surface area contributed by atoms with Crippen LogP contribution in [0.1, 0.15) is 19.5 Å². The van der Waals surface area contributed by atoms with E-state index in [9.17, 15) is 9.90 Å². The van der Waals surface area contributed by atoms with Crippen molar-refractivity contribution in [2.75, 3.05) is 5.32 Å². The van der Waals surface area contributed by atoms with E-state index in [4.69, 9.17) is 23.2 Å². The van der Waals surface area contributed by atoms with Crippen molar-refractivity contribution in [2.24, 2.45) is 0 Å². The summed E-state index contributed by atoms with van der Waals surface area (Å²) in [6.45, 7) is 3.23. The van der Waals surface area contributed by atoms with E-state index < -0.39 is 11.4 Å². The number of anilines is 2. The first kappa shape index (κ1) is 15.1. The number of nitrogens with one attached hydrogen (secondary N) is 1. The van der Waals surface area contributed by atoms with Crippen LogP contribution in [0.25, 0.3) is 0 Å². The van der Waals surface area contributed by atoms with E-state index in [1.54, 1.807) is 37.4 Å². The highest BCUT2D eigenvalue weighted by Crippen LogP contribution is 2.32. The number of hydrogen-bond acceptors (Lipinski definition) is 4. The lowest BCUT2D eigenvalue weighted by Gasteiger charge is -2.15. The van der Waals surface area contributed by atoms with Gasteiger partial charge in [-0.3, -0.25) is 4.79 Å². The number of rotatable bonds is 4. The van der Waals surface area contributed by atoms with Crippen LogP contribution in [-0.2, 0) is 10.2 Å². The summed E-state index contributed by atoms with van der Waals surface area (Å²) in [5, 5.41) is 15.6. The van der Waals surface area contributed by atoms with E-state index in [0.717, 1.165) is 0 Å². The molecule has 0 atom stereocenters. The van der Waals surface area contributed by atoms with E-state index in [-0.39, 0.29) is 0 Å². The smallest absolute Gasteiger partial charge is 0.315 e. The van der Waals surface area contributed by atoms with Crippen molar-refractivity contribution in [1.82, 2.24) is 4.98 Å². The van der Waals surface area contributed by atoms with Gasteiger partial charge in [-0.1, -0.05) is 23.2 Å². The standard InChI is InChI=1S/C13H12Cl2N2O2S/c1-13(2,11(18)19)10-6-20-12(17-10)16-9-4-3-7(14)5-8(9)15/h3-6H,1-2H3,(H,16,17)(H,18,19). The average Bonchev–Trinajstić information content (AvgIpc) is 2.81. The molecule has 0 amide bonds. The second-order valence-electron chi connectivity index (χ2n) is 4.72. The van der Waals surface area contributed by atoms with Crippen LogP contribution in [-0.4, -0.2) is 16.1 Å². The van der Waals surface area contributed by atoms with Gasteiger partial charge in [0.1, 0.15) is 5.41 Å². The number of aromatic nitrogens is 1. The molecule has 2 N–H and O–H groups in total. The van der Waals surface area contributed by atoms with Crippen molar-refractivity contribution < 1.29 is 9.90 Å². The van der Waals surface area contributed by atoms with Crippen LogP contribution in [0.15, 0.2) is 23.6 Å². The highest BCUT2D eigenvalue weighted by molar-refractivity contribution is 7.13. The number of aliphatic carboxylic acids is 1. The van der Waals surface area contributed by atoms with Crippen LogP contribution in [0.3, 0.4) is 0 Å². The molecule has 2 aromatic rings. The van der Waals surface area contributed by atoms with Gasteiger partial charge in [0.2, 0.25) is 0 Å². The molecule has 20 heavy (non-hydrogen) atoms. The maximum Gasteiger partial charge on any atom is 0.315 e. The molecule has 0 bridgehead atoms. The molecular weight excluding hydrogens is 319 g/mol. The molecule has 1 aromatic heterocycles. The van der Waals surface area contributed by atoms with Crippen LogP contribution in [0.5, 0.6) is 0 Å². The summed E-state index contributed by atoms with van der Waals surface area (Å²) >= 11 is 13.2. The number of halogens is 2. The Labute approximate surface area is 130 Å². The Morgan fingerprint density at radius 1 is 1.40 bits per heavy atom. The second kappa shape index (κ2) is 5.60. The Morgan fingerprint density at radius 2 is 2.10 bits per heavy atom. The molecule has 0 radical (unpaired) electrons. The average molecular weight is 331 g/mol. The van der Waals surface area contributed by atoms with E-state index in [1.807, 2.05) is 0 Å². The summed E-state index contributed by atoms with van der Waals surface area (Å²) in [6, 6.07) is 5.08. The van der Waals surface area contributed by atoms with Crippen molar-refractivity contribution in [3.8, 4) is 0 Å². The van der Waals surface area contributed by atoms with E-state index in [1.165, 1.54) is 11.3 Å². The molecule has 0 aliphatic carbocycles. The number of thiazole rings is 1. The van der Waals surface area contributed by atoms with Gasteiger partial charge < -0.3 is 10.4 Å². The lowest BCUT2D eigenvalue weighted by Crippen LogP contribution is -2.28. The fourth-order valence-electron chi connectivity index (χ4n) is 1.43. The fraction of sp³-hybridized carbons (Fsp3) is 0.231. The first-order valence-electron chi connectivity index (χ1n) is 5.72. The molecule has 0 fully saturated rings. The lowest BCUT2D eigenvalue weighted by molar-refractivity contribution is -0.142. The van der Waals surface area contributed by atoms with Gasteiger partial charge in [0.05, 0.1) is 16.4 Å². The summed E-state index contributed by atoms with van der Waals surface area (Å²) < 4.78 is 0. The predicted molar refractivity (Wildman–Crippen MR) is 82.5 cm³/mol. The van der Waals surface area contributed by atoms with E-state index in [2.05, 4.69) is 10.3 Å². The molecule has 0 saturated heterocycles. The minimum Gasteiger partial charge on any atom is -0.481 e. The summed E-state index contributed by atoms with van der Waals surface area (Å²) in [5.41, 5.74) is 0.146. The molecule has 1 heterocycles. The zero-order valence-electron chi connectivity index (χ0n) is 10.8. The number of hydrogen-bond donors (Lipinski definition) is 2. The summed E-state index contributed by atoms with van der Waals surface area (Å²) in [7, 11) is 0. The maximum atomic E-state index is 11.2. The zero-order chi connectivity index (χ0) is 14.9. The minimum absolute atomic E-state index is 0.478. The maximum absolute atomic E-state index is 11.2. The molecule has 2 rings (SSSR count). The second-order valence-corrected chi connectivity index (χ2v) is 6.42. The van der Waals surface area contributed by atoms with Gasteiger partial charge in [-0.25, -0.2) is 4.98 Å². The molecule has 0 aliphatic rings. The largest absolute Gasteiger partial charge is 0.481 e. The third kappa shape index (κ3) is 3.06. The molecule has 0 unspecified atom stereocenters. The zero-order valence-corrected chi connectivity index (χ0v) is 13.1. The molecular formula is C13H12Cl2N2O2S. The Bertz CT molecular complexity index is 656. The Kier molecular flexibility index (Phi) is 4.22. The van der Waals surface area contributed by atoms with Crippen LogP contribution in [0.4, 0.5) is 10.8 Å². The van der Waals surface area contributed by atoms with Gasteiger partial charge in [0, 0.05) is 10.4 Å². The molecule has 0 saturated carbocycles. The highest BCUT2D eigenvalue weighted by atomic mass is 35.5. The van der Waals surface area contributed by atoms with Gasteiger partial charge in [-0.15, -0.1) is 11.3 Å². The lowest BCUT2D eigenvalue weighted by atomic mass is 9.90. The van der Waals surface area contributed by atoms with Crippen LogP contribution < -0.4 is 5.32 Å². The quantitative estimate of drug-likeness (QED) is 0.862. The number of carboxylic acids is 1. The van der Waals surface area contributed by atoms with Crippen molar-refractivity contribution in [2.45, 2.75) is 19.3 Å². The van der Waals surface area contributed by atoms with Crippen molar-refractivity contribution >= 4 is 51.3 Å². The molecule has 106 valence electrons. The van der Waals surface area contributed by atoms with E-state index >= 15 is 0 Å². The van der Waals surface area contributed by atoms with Crippen molar-refractivity contribution in [1.29, 1.82) is 0 Å². The molecule has 4 nitrogen and oxygen atoms in total. The topological polar surface area (TPSA) is 62.2 Å². The minimum atomic E-state index is -1.03. The number of nitrogens with zero attached hydrogens (tertiary/aromatic N) is 1. The fourth-order valence-corrected chi connectivity index (χ4v) is 2.78. The summed E-state index contributed by atoms with van der Waals surface area (Å²) in [4.78, 5) is 15.5. The number of carboxylic acid groups (broad SMARTS) is 1. The van der Waals surface area contributed by atoms with Gasteiger partial charge >= 0.3 is 5.97 Å². The van der Waals surface area contributed by atoms with Gasteiger partial charge in [0.15, 0.2) is 5.13 Å². The van der Waals surface area contributed by atoms with Gasteiger partial charge in [0.25, 0.3) is 0 Å². The van der Waals surface area contributed by atoms with Gasteiger partial charge in [-0.05, 0) is 32.0 Å². The van der Waals surface area contributed by atoms with Crippen molar-refractivity contribution in [3.63, 3.8) is 0 Å². The monoisotopic (exact) mass is 330 g/mol. The van der Waals surface area contributed by atoms with E-state index in [0.29, 0.717) is 26.6 Å². The number of benzene rings is 1. The first-order valence-corrected chi connectivity index (χ1v) is 7.36. The van der Waals surface area contributed by atoms with Crippen LogP contribution in [0, 0.1) is 0 Å². The molecule has 0 spiro atoms. The SMILES string of the molecule is CC(C)(C(=O)O)c1csc(Nc2ccc(Cl)cc2Cl)n1. The normalized spacial score (nSPS) is 11.4. The first-order chi connectivity index (χ1) is 9.30. The number of carbonyl (C=O) groups is 1. The molecule has 0 aliphatic heterocycles. The third-order valence-electron chi connectivity index (χ3n) is 2.85. The Balaban J connectivity index is 2.24.